The average molecular weight is 491 g/mol. The van der Waals surface area contributed by atoms with Gasteiger partial charge in [0.2, 0.25) is 0 Å². The Kier molecular flexibility index (Phi) is 10.9. The van der Waals surface area contributed by atoms with Crippen molar-refractivity contribution in [3.63, 3.8) is 0 Å². The number of hydrogen-bond acceptors (Lipinski definition) is 5. The Bertz CT molecular complexity index is 958. The minimum atomic E-state index is 0.168. The molecule has 0 aromatic carbocycles. The Hall–Kier alpha value is -2.78. The van der Waals surface area contributed by atoms with Crippen LogP contribution in [0.4, 0.5) is 0 Å². The van der Waals surface area contributed by atoms with E-state index in [1.165, 1.54) is 57.3 Å². The zero-order chi connectivity index (χ0) is 25.8. The highest BCUT2D eigenvalue weighted by Crippen LogP contribution is 2.27. The van der Waals surface area contributed by atoms with Crippen molar-refractivity contribution in [3.8, 4) is 11.8 Å². The molecule has 1 unspecified atom stereocenters. The molecule has 0 radical (unpaired) electrons. The van der Waals surface area contributed by atoms with Crippen LogP contribution < -0.4 is 10.6 Å². The average Bonchev–Trinajstić information content (AvgIpc) is 3.34. The van der Waals surface area contributed by atoms with Gasteiger partial charge in [0.15, 0.2) is 0 Å². The van der Waals surface area contributed by atoms with E-state index in [1.807, 2.05) is 0 Å². The lowest BCUT2D eigenvalue weighted by molar-refractivity contribution is 0.222. The van der Waals surface area contributed by atoms with Crippen molar-refractivity contribution >= 4 is 12.2 Å². The van der Waals surface area contributed by atoms with Crippen LogP contribution in [0.3, 0.4) is 0 Å². The van der Waals surface area contributed by atoms with Crippen molar-refractivity contribution in [1.82, 2.24) is 20.4 Å². The molecule has 1 fully saturated rings. The topological polar surface area (TPSA) is 55.3 Å². The van der Waals surface area contributed by atoms with Crippen molar-refractivity contribution < 1.29 is 0 Å². The van der Waals surface area contributed by atoms with E-state index in [2.05, 4.69) is 101 Å². The largest absolute Gasteiger partial charge is 0.378 e. The number of piperidine rings is 1. The van der Waals surface area contributed by atoms with Crippen LogP contribution in [-0.2, 0) is 0 Å². The Morgan fingerprint density at radius 1 is 1.25 bits per heavy atom. The van der Waals surface area contributed by atoms with Gasteiger partial charge in [-0.3, -0.25) is 9.98 Å². The maximum atomic E-state index is 4.66. The standard InChI is InChI=1S/C30H46N6/c1-30(2,3)26-21-29(32-22-26)34-27-14-11-25(12-15-27)13-16-28(33-24-31-4)23-35(5)17-9-10-20-36-18-7-6-8-19-36/h11-12,14,21,23-24,27H,6-10,15,17-20,22H2,1-5H3,(H,31,33)(H,32,34)/b28-23-. The summed E-state index contributed by atoms with van der Waals surface area (Å²) in [5.74, 6) is 7.60. The summed E-state index contributed by atoms with van der Waals surface area (Å²) in [6.45, 7) is 12.3. The fraction of sp³-hybridized carbons (Fsp3) is 0.600. The highest BCUT2D eigenvalue weighted by molar-refractivity contribution is 5.96. The summed E-state index contributed by atoms with van der Waals surface area (Å²) in [7, 11) is 3.88. The van der Waals surface area contributed by atoms with Gasteiger partial charge in [0.05, 0.1) is 12.9 Å². The van der Waals surface area contributed by atoms with Gasteiger partial charge in [0.25, 0.3) is 0 Å². The second kappa shape index (κ2) is 14.1. The molecule has 1 saturated heterocycles. The summed E-state index contributed by atoms with van der Waals surface area (Å²) < 4.78 is 0. The van der Waals surface area contributed by atoms with Gasteiger partial charge in [0, 0.05) is 38.5 Å². The van der Waals surface area contributed by atoms with Crippen LogP contribution in [0.5, 0.6) is 0 Å². The molecular formula is C30H46N6. The lowest BCUT2D eigenvalue weighted by atomic mass is 9.87. The normalized spacial score (nSPS) is 21.0. The number of amidine groups is 1. The molecule has 1 aliphatic carbocycles. The van der Waals surface area contributed by atoms with E-state index in [4.69, 9.17) is 0 Å². The summed E-state index contributed by atoms with van der Waals surface area (Å²) in [5.41, 5.74) is 3.44. The third-order valence-electron chi connectivity index (χ3n) is 6.85. The number of nitrogens with zero attached hydrogens (tertiary/aromatic N) is 4. The molecule has 36 heavy (non-hydrogen) atoms. The van der Waals surface area contributed by atoms with Crippen LogP contribution in [0.2, 0.25) is 0 Å². The number of rotatable bonds is 9. The van der Waals surface area contributed by atoms with E-state index >= 15 is 0 Å². The highest BCUT2D eigenvalue weighted by Gasteiger charge is 2.21. The number of nitrogens with one attached hydrogen (secondary N) is 2. The summed E-state index contributed by atoms with van der Waals surface area (Å²) in [5, 5.41) is 6.76. The fourth-order valence-electron chi connectivity index (χ4n) is 4.52. The quantitative estimate of drug-likeness (QED) is 0.216. The first kappa shape index (κ1) is 27.8. The van der Waals surface area contributed by atoms with Crippen molar-refractivity contribution in [2.75, 3.05) is 46.8 Å². The van der Waals surface area contributed by atoms with Crippen LogP contribution >= 0.6 is 0 Å². The summed E-state index contributed by atoms with van der Waals surface area (Å²) in [6.07, 6.45) is 19.9. The number of allylic oxidation sites excluding steroid dienone is 3. The predicted octanol–water partition coefficient (Wildman–Crippen LogP) is 4.51. The summed E-state index contributed by atoms with van der Waals surface area (Å²) in [4.78, 5) is 13.6. The van der Waals surface area contributed by atoms with Gasteiger partial charge in [-0.15, -0.1) is 0 Å². The van der Waals surface area contributed by atoms with Crippen molar-refractivity contribution in [1.29, 1.82) is 0 Å². The van der Waals surface area contributed by atoms with E-state index in [0.29, 0.717) is 0 Å². The van der Waals surface area contributed by atoms with Crippen molar-refractivity contribution in [2.24, 2.45) is 15.4 Å². The number of aliphatic imine (C=N–C) groups is 2. The molecule has 2 N–H and O–H groups in total. The molecule has 0 spiro atoms. The van der Waals surface area contributed by atoms with E-state index in [0.717, 1.165) is 36.6 Å². The Balaban J connectivity index is 1.47. The molecule has 2 aliphatic heterocycles. The van der Waals surface area contributed by atoms with E-state index < -0.39 is 0 Å². The van der Waals surface area contributed by atoms with Crippen molar-refractivity contribution in [2.45, 2.75) is 65.3 Å². The molecule has 196 valence electrons. The minimum Gasteiger partial charge on any atom is -0.378 e. The molecule has 1 atom stereocenters. The molecule has 0 aromatic heterocycles. The van der Waals surface area contributed by atoms with Gasteiger partial charge in [-0.05, 0) is 80.8 Å². The van der Waals surface area contributed by atoms with Crippen molar-refractivity contribution in [3.05, 3.63) is 47.3 Å². The number of hydrogen-bond donors (Lipinski definition) is 2. The first-order valence-electron chi connectivity index (χ1n) is 13.6. The molecule has 6 nitrogen and oxygen atoms in total. The van der Waals surface area contributed by atoms with Crippen LogP contribution in [0, 0.1) is 17.3 Å². The highest BCUT2D eigenvalue weighted by atomic mass is 15.1. The number of unbranched alkanes of at least 4 members (excludes halogenated alkanes) is 1. The van der Waals surface area contributed by atoms with Crippen LogP contribution in [0.15, 0.2) is 57.3 Å². The molecular weight excluding hydrogens is 444 g/mol. The van der Waals surface area contributed by atoms with Gasteiger partial charge in [-0.25, -0.2) is 0 Å². The van der Waals surface area contributed by atoms with E-state index in [9.17, 15) is 0 Å². The lowest BCUT2D eigenvalue weighted by Gasteiger charge is -2.26. The maximum Gasteiger partial charge on any atom is 0.121 e. The third-order valence-corrected chi connectivity index (χ3v) is 6.85. The Morgan fingerprint density at radius 3 is 2.72 bits per heavy atom. The minimum absolute atomic E-state index is 0.168. The van der Waals surface area contributed by atoms with Gasteiger partial charge >= 0.3 is 0 Å². The number of likely N-dealkylation sites (tertiary alicyclic amines) is 1. The van der Waals surface area contributed by atoms with Gasteiger partial charge in [-0.1, -0.05) is 45.3 Å². The lowest BCUT2D eigenvalue weighted by Crippen LogP contribution is -2.32. The second-order valence-corrected chi connectivity index (χ2v) is 11.0. The first-order valence-corrected chi connectivity index (χ1v) is 13.6. The molecule has 0 aromatic rings. The van der Waals surface area contributed by atoms with Crippen LogP contribution in [0.25, 0.3) is 0 Å². The summed E-state index contributed by atoms with van der Waals surface area (Å²) in [6, 6.07) is 0.251. The van der Waals surface area contributed by atoms with Crippen LogP contribution in [0.1, 0.15) is 59.3 Å². The van der Waals surface area contributed by atoms with E-state index in [1.54, 1.807) is 13.4 Å². The Morgan fingerprint density at radius 2 is 2.06 bits per heavy atom. The summed E-state index contributed by atoms with van der Waals surface area (Å²) >= 11 is 0. The maximum absolute atomic E-state index is 4.66. The molecule has 0 bridgehead atoms. The van der Waals surface area contributed by atoms with E-state index in [-0.39, 0.29) is 11.5 Å². The molecule has 6 heteroatoms. The predicted molar refractivity (Wildman–Crippen MR) is 154 cm³/mol. The fourth-order valence-corrected chi connectivity index (χ4v) is 4.52. The monoisotopic (exact) mass is 490 g/mol. The first-order chi connectivity index (χ1) is 17.3. The van der Waals surface area contributed by atoms with Gasteiger partial charge in [0.1, 0.15) is 11.5 Å². The van der Waals surface area contributed by atoms with Gasteiger partial charge in [-0.2, -0.15) is 0 Å². The third kappa shape index (κ3) is 9.70. The molecule has 0 amide bonds. The second-order valence-electron chi connectivity index (χ2n) is 11.0. The smallest absolute Gasteiger partial charge is 0.121 e. The molecule has 0 saturated carbocycles. The molecule has 3 aliphatic rings. The molecule has 3 rings (SSSR count). The van der Waals surface area contributed by atoms with Gasteiger partial charge < -0.3 is 20.4 Å². The molecule has 2 heterocycles. The van der Waals surface area contributed by atoms with Crippen LogP contribution in [-0.4, -0.2) is 74.8 Å². The zero-order valence-corrected chi connectivity index (χ0v) is 23.1. The zero-order valence-electron chi connectivity index (χ0n) is 23.1. The Labute approximate surface area is 219 Å². The SMILES string of the molecule is C/N=C\N/C(C#CC1=CCC(NC2=NCC(C(C)(C)C)=C2)C=C1)=C\N(C)CCCCN1CCCCC1.